The van der Waals surface area contributed by atoms with Gasteiger partial charge in [0.25, 0.3) is 6.17 Å². The number of rotatable bonds is 4. The van der Waals surface area contributed by atoms with Gasteiger partial charge in [-0.25, -0.2) is 12.8 Å². The molecule has 11 heteroatoms. The Hall–Kier alpha value is -1.34. The maximum absolute atomic E-state index is 11.8. The van der Waals surface area contributed by atoms with Crippen molar-refractivity contribution in [2.75, 3.05) is 0 Å². The summed E-state index contributed by atoms with van der Waals surface area (Å²) >= 11 is 0.0287. The van der Waals surface area contributed by atoms with Crippen molar-refractivity contribution >= 4 is 10.1 Å². The Kier molecular flexibility index (Phi) is 7.89. The molecule has 0 amide bonds. The Balaban J connectivity index is 0.000000260. The lowest BCUT2D eigenvalue weighted by molar-refractivity contribution is -0.597. The predicted molar refractivity (Wildman–Crippen MR) is 75.9 cm³/mol. The molecule has 3 nitrogen and oxygen atoms in total. The van der Waals surface area contributed by atoms with E-state index in [2.05, 4.69) is 60.7 Å². The monoisotopic (exact) mass is 512 g/mol. The Morgan fingerprint density at radius 1 is 0.808 bits per heavy atom. The fourth-order valence-corrected chi connectivity index (χ4v) is 4.05. The van der Waals surface area contributed by atoms with Gasteiger partial charge in [0, 0.05) is 0 Å². The van der Waals surface area contributed by atoms with Gasteiger partial charge < -0.3 is 4.55 Å². The second kappa shape index (κ2) is 9.04. The number of alkyl halides is 6. The number of halogens is 7. The molecule has 0 aromatic heterocycles. The molecule has 0 aliphatic carbocycles. The number of hydrogen-bond acceptors (Lipinski definition) is 3. The highest BCUT2D eigenvalue weighted by Gasteiger charge is 2.61. The molecule has 144 valence electrons. The van der Waals surface area contributed by atoms with Crippen molar-refractivity contribution in [3.8, 4) is 0 Å². The Morgan fingerprint density at radius 3 is 1.38 bits per heavy atom. The standard InChI is InChI=1S/C12H10I.C3H2F6O3S/c1-3-7-11(8-4-1)13-12-9-5-2-6-10-12;4-1(2(5,6)7)3(8,9)13(10,11)12/h1-10H;1H,(H,10,11,12)/q+1;/p-1. The SMILES string of the molecule is O=S(=O)([O-])C(F)(F)C(F)C(F)(F)F.c1ccc([I+]c2ccccc2)cc1. The summed E-state index contributed by atoms with van der Waals surface area (Å²) in [6.45, 7) is 0. The first-order valence-corrected chi connectivity index (χ1v) is 10.2. The van der Waals surface area contributed by atoms with Gasteiger partial charge in [-0.1, -0.05) is 36.4 Å². The summed E-state index contributed by atoms with van der Waals surface area (Å²) in [5.41, 5.74) is 0. The fourth-order valence-electron chi connectivity index (χ4n) is 1.40. The van der Waals surface area contributed by atoms with Gasteiger partial charge in [0.2, 0.25) is 0 Å². The van der Waals surface area contributed by atoms with E-state index in [4.69, 9.17) is 0 Å². The first kappa shape index (κ1) is 22.7. The molecule has 2 rings (SSSR count). The van der Waals surface area contributed by atoms with E-state index in [1.165, 1.54) is 7.14 Å². The summed E-state index contributed by atoms with van der Waals surface area (Å²) in [7, 11) is -6.66. The summed E-state index contributed by atoms with van der Waals surface area (Å²) in [5, 5.41) is -5.99. The highest BCUT2D eigenvalue weighted by atomic mass is 127. The maximum Gasteiger partial charge on any atom is 0.426 e. The Morgan fingerprint density at radius 2 is 1.15 bits per heavy atom. The van der Waals surface area contributed by atoms with Crippen LogP contribution in [0.3, 0.4) is 0 Å². The maximum atomic E-state index is 11.8. The van der Waals surface area contributed by atoms with Crippen molar-refractivity contribution in [1.82, 2.24) is 0 Å². The van der Waals surface area contributed by atoms with Gasteiger partial charge in [-0.15, -0.1) is 0 Å². The van der Waals surface area contributed by atoms with Crippen LogP contribution in [0.15, 0.2) is 60.7 Å². The Labute approximate surface area is 156 Å². The van der Waals surface area contributed by atoms with Crippen LogP contribution in [0.25, 0.3) is 0 Å². The van der Waals surface area contributed by atoms with Crippen LogP contribution in [0, 0.1) is 7.14 Å². The van der Waals surface area contributed by atoms with E-state index < -0.39 is 27.7 Å². The predicted octanol–water partition coefficient (Wildman–Crippen LogP) is 0.840. The van der Waals surface area contributed by atoms with Crippen molar-refractivity contribution in [2.24, 2.45) is 0 Å². The van der Waals surface area contributed by atoms with Crippen LogP contribution in [0.4, 0.5) is 26.3 Å². The molecule has 0 saturated heterocycles. The highest BCUT2D eigenvalue weighted by Crippen LogP contribution is 2.37. The molecule has 0 bridgehead atoms. The first-order chi connectivity index (χ1) is 11.9. The zero-order chi connectivity index (χ0) is 20.0. The molecule has 0 radical (unpaired) electrons. The van der Waals surface area contributed by atoms with Crippen LogP contribution in [0.1, 0.15) is 0 Å². The molecule has 0 aliphatic rings. The summed E-state index contributed by atoms with van der Waals surface area (Å²) in [6.07, 6.45) is -11.1. The molecular formula is C15H11F6IO3S. The minimum atomic E-state index is -6.66. The van der Waals surface area contributed by atoms with E-state index in [9.17, 15) is 39.3 Å². The lowest BCUT2D eigenvalue weighted by Gasteiger charge is -2.24. The largest absolute Gasteiger partial charge is 0.743 e. The molecule has 0 saturated carbocycles. The van der Waals surface area contributed by atoms with Gasteiger partial charge in [0.1, 0.15) is 0 Å². The van der Waals surface area contributed by atoms with Crippen molar-refractivity contribution in [2.45, 2.75) is 17.6 Å². The van der Waals surface area contributed by atoms with Crippen LogP contribution >= 0.6 is 0 Å². The minimum Gasteiger partial charge on any atom is -0.743 e. The van der Waals surface area contributed by atoms with Gasteiger partial charge in [0.05, 0.1) is 0 Å². The zero-order valence-corrected chi connectivity index (χ0v) is 15.6. The molecule has 2 aromatic carbocycles. The quantitative estimate of drug-likeness (QED) is 0.347. The van der Waals surface area contributed by atoms with Crippen LogP contribution in [0.2, 0.25) is 0 Å². The lowest BCUT2D eigenvalue weighted by atomic mass is 10.4. The average molecular weight is 512 g/mol. The van der Waals surface area contributed by atoms with Gasteiger partial charge >= 0.3 is 32.6 Å². The number of benzene rings is 2. The highest BCUT2D eigenvalue weighted by molar-refractivity contribution is 7.86. The van der Waals surface area contributed by atoms with Crippen molar-refractivity contribution in [3.63, 3.8) is 0 Å². The second-order valence-electron chi connectivity index (χ2n) is 4.61. The van der Waals surface area contributed by atoms with Crippen LogP contribution in [-0.4, -0.2) is 30.6 Å². The van der Waals surface area contributed by atoms with E-state index in [1.807, 2.05) is 0 Å². The van der Waals surface area contributed by atoms with Gasteiger partial charge in [-0.2, -0.15) is 22.0 Å². The van der Waals surface area contributed by atoms with Gasteiger partial charge in [-0.3, -0.25) is 0 Å². The second-order valence-corrected chi connectivity index (χ2v) is 9.09. The molecule has 0 fully saturated rings. The molecule has 0 aliphatic heterocycles. The molecule has 26 heavy (non-hydrogen) atoms. The summed E-state index contributed by atoms with van der Waals surface area (Å²) < 4.78 is 100. The third kappa shape index (κ3) is 6.76. The van der Waals surface area contributed by atoms with E-state index >= 15 is 0 Å². The molecule has 0 N–H and O–H groups in total. The summed E-state index contributed by atoms with van der Waals surface area (Å²) in [5.74, 6) is 0. The van der Waals surface area contributed by atoms with Gasteiger partial charge in [0.15, 0.2) is 17.3 Å². The summed E-state index contributed by atoms with van der Waals surface area (Å²) in [6, 6.07) is 21.4. The third-order valence-corrected chi connectivity index (χ3v) is 6.16. The smallest absolute Gasteiger partial charge is 0.426 e. The zero-order valence-electron chi connectivity index (χ0n) is 12.6. The molecular weight excluding hydrogens is 501 g/mol. The molecule has 1 unspecified atom stereocenters. The average Bonchev–Trinajstić information content (AvgIpc) is 2.55. The van der Waals surface area contributed by atoms with Crippen molar-refractivity contribution < 1.29 is 60.5 Å². The van der Waals surface area contributed by atoms with E-state index in [0.29, 0.717) is 0 Å². The topological polar surface area (TPSA) is 57.2 Å². The molecule has 1 atom stereocenters. The van der Waals surface area contributed by atoms with E-state index in [1.54, 1.807) is 0 Å². The van der Waals surface area contributed by atoms with Crippen LogP contribution < -0.4 is 21.2 Å². The van der Waals surface area contributed by atoms with Crippen LogP contribution in [0.5, 0.6) is 0 Å². The number of hydrogen-bond donors (Lipinski definition) is 0. The molecule has 0 heterocycles. The van der Waals surface area contributed by atoms with Crippen molar-refractivity contribution in [1.29, 1.82) is 0 Å². The van der Waals surface area contributed by atoms with E-state index in [0.717, 1.165) is 0 Å². The van der Waals surface area contributed by atoms with E-state index in [-0.39, 0.29) is 21.2 Å². The first-order valence-electron chi connectivity index (χ1n) is 6.64. The van der Waals surface area contributed by atoms with Crippen molar-refractivity contribution in [3.05, 3.63) is 67.8 Å². The van der Waals surface area contributed by atoms with Gasteiger partial charge in [-0.05, 0) is 24.3 Å². The van der Waals surface area contributed by atoms with Crippen LogP contribution in [-0.2, 0) is 10.1 Å². The lowest BCUT2D eigenvalue weighted by Crippen LogP contribution is -3.61. The Bertz CT molecular complexity index is 745. The third-order valence-electron chi connectivity index (χ3n) is 2.60. The minimum absolute atomic E-state index is 0.0287. The molecule has 0 spiro atoms. The summed E-state index contributed by atoms with van der Waals surface area (Å²) in [4.78, 5) is 0. The fraction of sp³-hybridized carbons (Fsp3) is 0.200. The normalized spacial score (nSPS) is 13.5. The molecule has 2 aromatic rings.